The summed E-state index contributed by atoms with van der Waals surface area (Å²) in [6.07, 6.45) is 1.64. The zero-order valence-corrected chi connectivity index (χ0v) is 9.30. The standard InChI is InChI=1S/C10H12N4O2/c1-13(2)6-4-5-11-8-7(6)12-9(10(15)16)14(8)3/h4-5H,1-3H3,(H,15,16). The number of aromatic nitrogens is 3. The lowest BCUT2D eigenvalue weighted by atomic mass is 10.3. The third-order valence-electron chi connectivity index (χ3n) is 2.41. The van der Waals surface area contributed by atoms with E-state index in [-0.39, 0.29) is 5.82 Å². The molecule has 2 aromatic rings. The Balaban J connectivity index is 2.80. The predicted molar refractivity (Wildman–Crippen MR) is 59.8 cm³/mol. The summed E-state index contributed by atoms with van der Waals surface area (Å²) in [4.78, 5) is 21.1. The molecule has 16 heavy (non-hydrogen) atoms. The molecule has 2 aromatic heterocycles. The summed E-state index contributed by atoms with van der Waals surface area (Å²) in [5, 5.41) is 8.97. The Hall–Kier alpha value is -2.11. The van der Waals surface area contributed by atoms with Gasteiger partial charge < -0.3 is 14.6 Å². The quantitative estimate of drug-likeness (QED) is 0.807. The van der Waals surface area contributed by atoms with Crippen molar-refractivity contribution in [2.45, 2.75) is 0 Å². The highest BCUT2D eigenvalue weighted by molar-refractivity contribution is 5.93. The second-order valence-corrected chi connectivity index (χ2v) is 3.70. The van der Waals surface area contributed by atoms with Gasteiger partial charge in [0.25, 0.3) is 0 Å². The van der Waals surface area contributed by atoms with Gasteiger partial charge in [-0.3, -0.25) is 0 Å². The van der Waals surface area contributed by atoms with Gasteiger partial charge in [0.05, 0.1) is 5.69 Å². The van der Waals surface area contributed by atoms with Gasteiger partial charge in [-0.25, -0.2) is 14.8 Å². The fraction of sp³-hybridized carbons (Fsp3) is 0.300. The van der Waals surface area contributed by atoms with Crippen molar-refractivity contribution in [3.8, 4) is 0 Å². The third-order valence-corrected chi connectivity index (χ3v) is 2.41. The van der Waals surface area contributed by atoms with Crippen LogP contribution in [0.5, 0.6) is 0 Å². The van der Waals surface area contributed by atoms with E-state index in [1.54, 1.807) is 19.3 Å². The van der Waals surface area contributed by atoms with Crippen molar-refractivity contribution in [3.05, 3.63) is 18.1 Å². The maximum absolute atomic E-state index is 10.9. The number of imidazole rings is 1. The van der Waals surface area contributed by atoms with E-state index in [2.05, 4.69) is 9.97 Å². The van der Waals surface area contributed by atoms with E-state index in [1.807, 2.05) is 19.0 Å². The molecule has 0 radical (unpaired) electrons. The monoisotopic (exact) mass is 220 g/mol. The summed E-state index contributed by atoms with van der Waals surface area (Å²) in [6.45, 7) is 0. The molecule has 0 aliphatic carbocycles. The van der Waals surface area contributed by atoms with Gasteiger partial charge in [-0.1, -0.05) is 0 Å². The maximum atomic E-state index is 10.9. The van der Waals surface area contributed by atoms with Crippen LogP contribution in [0.25, 0.3) is 11.2 Å². The molecule has 0 fully saturated rings. The minimum absolute atomic E-state index is 0.00296. The molecule has 0 aromatic carbocycles. The van der Waals surface area contributed by atoms with Gasteiger partial charge in [0.15, 0.2) is 5.65 Å². The Morgan fingerprint density at radius 1 is 1.50 bits per heavy atom. The van der Waals surface area contributed by atoms with Gasteiger partial charge in [0.2, 0.25) is 5.82 Å². The van der Waals surface area contributed by atoms with Gasteiger partial charge in [-0.15, -0.1) is 0 Å². The van der Waals surface area contributed by atoms with E-state index in [1.165, 1.54) is 4.57 Å². The van der Waals surface area contributed by atoms with Crippen molar-refractivity contribution in [1.82, 2.24) is 14.5 Å². The van der Waals surface area contributed by atoms with E-state index in [4.69, 9.17) is 5.11 Å². The van der Waals surface area contributed by atoms with Gasteiger partial charge in [-0.05, 0) is 6.07 Å². The van der Waals surface area contributed by atoms with Crippen molar-refractivity contribution in [2.75, 3.05) is 19.0 Å². The Morgan fingerprint density at radius 3 is 2.75 bits per heavy atom. The maximum Gasteiger partial charge on any atom is 0.372 e. The minimum atomic E-state index is -1.05. The van der Waals surface area contributed by atoms with E-state index >= 15 is 0 Å². The molecule has 0 bridgehead atoms. The number of aryl methyl sites for hydroxylation is 1. The lowest BCUT2D eigenvalue weighted by Gasteiger charge is -2.11. The molecule has 2 heterocycles. The smallest absolute Gasteiger partial charge is 0.372 e. The van der Waals surface area contributed by atoms with Crippen molar-refractivity contribution in [1.29, 1.82) is 0 Å². The fourth-order valence-corrected chi connectivity index (χ4v) is 1.62. The first-order valence-electron chi connectivity index (χ1n) is 4.74. The van der Waals surface area contributed by atoms with Crippen LogP contribution in [0.15, 0.2) is 12.3 Å². The van der Waals surface area contributed by atoms with Crippen LogP contribution in [0.1, 0.15) is 10.6 Å². The highest BCUT2D eigenvalue weighted by atomic mass is 16.4. The number of hydrogen-bond acceptors (Lipinski definition) is 4. The molecule has 6 heteroatoms. The first-order chi connectivity index (χ1) is 7.52. The highest BCUT2D eigenvalue weighted by Gasteiger charge is 2.17. The van der Waals surface area contributed by atoms with Gasteiger partial charge in [0, 0.05) is 27.3 Å². The number of carbonyl (C=O) groups is 1. The molecule has 0 amide bonds. The van der Waals surface area contributed by atoms with Crippen molar-refractivity contribution >= 4 is 22.8 Å². The number of aromatic carboxylic acids is 1. The Bertz CT molecular complexity index is 559. The molecule has 0 aliphatic rings. The largest absolute Gasteiger partial charge is 0.475 e. The predicted octanol–water partition coefficient (Wildman–Crippen LogP) is 0.732. The third kappa shape index (κ3) is 1.39. The molecule has 0 aliphatic heterocycles. The van der Waals surface area contributed by atoms with E-state index < -0.39 is 5.97 Å². The molecular weight excluding hydrogens is 208 g/mol. The Kier molecular flexibility index (Phi) is 2.26. The van der Waals surface area contributed by atoms with Crippen molar-refractivity contribution < 1.29 is 9.90 Å². The Labute approximate surface area is 92.1 Å². The van der Waals surface area contributed by atoms with Crippen LogP contribution in [-0.2, 0) is 7.05 Å². The molecule has 6 nitrogen and oxygen atoms in total. The lowest BCUT2D eigenvalue weighted by Crippen LogP contribution is -2.09. The van der Waals surface area contributed by atoms with Crippen LogP contribution in [0.2, 0.25) is 0 Å². The van der Waals surface area contributed by atoms with Crippen LogP contribution >= 0.6 is 0 Å². The molecular formula is C10H12N4O2. The van der Waals surface area contributed by atoms with Crippen LogP contribution in [0.4, 0.5) is 5.69 Å². The molecule has 0 atom stereocenters. The summed E-state index contributed by atoms with van der Waals surface area (Å²) in [5.41, 5.74) is 2.03. The number of pyridine rings is 1. The van der Waals surface area contributed by atoms with Crippen molar-refractivity contribution in [2.24, 2.45) is 7.05 Å². The second kappa shape index (κ2) is 3.48. The molecule has 84 valence electrons. The average Bonchev–Trinajstić information content (AvgIpc) is 2.56. The average molecular weight is 220 g/mol. The molecule has 0 spiro atoms. The zero-order chi connectivity index (χ0) is 11.9. The number of carboxylic acids is 1. The summed E-state index contributed by atoms with van der Waals surface area (Å²) >= 11 is 0. The van der Waals surface area contributed by atoms with Crippen LogP contribution < -0.4 is 4.90 Å². The first-order valence-corrected chi connectivity index (χ1v) is 4.74. The van der Waals surface area contributed by atoms with Gasteiger partial charge in [0.1, 0.15) is 5.52 Å². The molecule has 2 rings (SSSR count). The normalized spacial score (nSPS) is 10.7. The minimum Gasteiger partial charge on any atom is -0.475 e. The SMILES string of the molecule is CN(C)c1ccnc2c1nc(C(=O)O)n2C. The molecule has 0 saturated carbocycles. The molecule has 1 N–H and O–H groups in total. The zero-order valence-electron chi connectivity index (χ0n) is 9.30. The van der Waals surface area contributed by atoms with Crippen molar-refractivity contribution in [3.63, 3.8) is 0 Å². The summed E-state index contributed by atoms with van der Waals surface area (Å²) in [7, 11) is 5.40. The lowest BCUT2D eigenvalue weighted by molar-refractivity contribution is 0.0680. The van der Waals surface area contributed by atoms with Crippen LogP contribution in [0.3, 0.4) is 0 Å². The van der Waals surface area contributed by atoms with E-state index in [0.717, 1.165) is 5.69 Å². The first kappa shape index (κ1) is 10.4. The van der Waals surface area contributed by atoms with Crippen LogP contribution in [0, 0.1) is 0 Å². The van der Waals surface area contributed by atoms with Gasteiger partial charge in [-0.2, -0.15) is 0 Å². The number of carboxylic acid groups (broad SMARTS) is 1. The molecule has 0 unspecified atom stereocenters. The van der Waals surface area contributed by atoms with E-state index in [9.17, 15) is 4.79 Å². The summed E-state index contributed by atoms with van der Waals surface area (Å²) < 4.78 is 1.48. The fourth-order valence-electron chi connectivity index (χ4n) is 1.62. The van der Waals surface area contributed by atoms with Gasteiger partial charge >= 0.3 is 5.97 Å². The number of anilines is 1. The molecule has 0 saturated heterocycles. The topological polar surface area (TPSA) is 71.2 Å². The number of nitrogens with zero attached hydrogens (tertiary/aromatic N) is 4. The van der Waals surface area contributed by atoms with Crippen LogP contribution in [-0.4, -0.2) is 39.7 Å². The summed E-state index contributed by atoms with van der Waals surface area (Å²) in [5.74, 6) is -1.05. The number of hydrogen-bond donors (Lipinski definition) is 1. The Morgan fingerprint density at radius 2 is 2.19 bits per heavy atom. The number of rotatable bonds is 2. The van der Waals surface area contributed by atoms with E-state index in [0.29, 0.717) is 11.2 Å². The number of fused-ring (bicyclic) bond motifs is 1. The highest BCUT2D eigenvalue weighted by Crippen LogP contribution is 2.23. The second-order valence-electron chi connectivity index (χ2n) is 3.70. The summed E-state index contributed by atoms with van der Waals surface area (Å²) in [6, 6.07) is 1.81.